The molecule has 1 amide bonds. The van der Waals surface area contributed by atoms with Crippen LogP contribution in [0.5, 0.6) is 0 Å². The molecule has 0 aliphatic rings. The van der Waals surface area contributed by atoms with Gasteiger partial charge in [-0.25, -0.2) is 15.0 Å². The fourth-order valence-electron chi connectivity index (χ4n) is 2.67. The first-order chi connectivity index (χ1) is 14.7. The lowest BCUT2D eigenvalue weighted by atomic mass is 10.1. The van der Waals surface area contributed by atoms with Crippen LogP contribution in [0.1, 0.15) is 27.2 Å². The summed E-state index contributed by atoms with van der Waals surface area (Å²) < 4.78 is 33.9. The molecule has 0 aliphatic carbocycles. The van der Waals surface area contributed by atoms with Crippen LogP contribution in [0.25, 0.3) is 22.2 Å². The van der Waals surface area contributed by atoms with Gasteiger partial charge in [0.2, 0.25) is 5.95 Å². The van der Waals surface area contributed by atoms with E-state index in [1.807, 2.05) is 36.7 Å². The Kier molecular flexibility index (Phi) is 3.14. The van der Waals surface area contributed by atoms with Gasteiger partial charge < -0.3 is 4.57 Å². The highest BCUT2D eigenvalue weighted by atomic mass is 16.1. The summed E-state index contributed by atoms with van der Waals surface area (Å²) in [6.07, 6.45) is 3.35. The van der Waals surface area contributed by atoms with E-state index < -0.39 is 18.0 Å². The summed E-state index contributed by atoms with van der Waals surface area (Å²) in [4.78, 5) is 25.6. The number of carbonyl (C=O) groups excluding carboxylic acids is 1. The second kappa shape index (κ2) is 6.64. The Morgan fingerprint density at radius 1 is 1.11 bits per heavy atom. The molecule has 0 bridgehead atoms. The predicted octanol–water partition coefficient (Wildman–Crippen LogP) is 3.90. The van der Waals surface area contributed by atoms with Crippen LogP contribution in [0.4, 0.5) is 5.95 Å². The average molecular weight is 361 g/mol. The zero-order chi connectivity index (χ0) is 22.4. The van der Waals surface area contributed by atoms with E-state index in [2.05, 4.69) is 20.3 Å². The molecule has 0 fully saturated rings. The van der Waals surface area contributed by atoms with Crippen molar-refractivity contribution in [3.8, 4) is 11.3 Å². The van der Waals surface area contributed by atoms with Crippen molar-refractivity contribution in [2.75, 3.05) is 5.32 Å². The van der Waals surface area contributed by atoms with Gasteiger partial charge in [-0.05, 0) is 32.0 Å². The minimum Gasteiger partial charge on any atom is -0.331 e. The molecule has 0 radical (unpaired) electrons. The number of nitrogens with zero attached hydrogens (tertiary/aromatic N) is 4. The van der Waals surface area contributed by atoms with Crippen LogP contribution < -0.4 is 5.32 Å². The smallest absolute Gasteiger partial charge is 0.258 e. The van der Waals surface area contributed by atoms with Gasteiger partial charge in [-0.1, -0.05) is 29.8 Å². The molecule has 2 aromatic heterocycles. The van der Waals surface area contributed by atoms with Crippen molar-refractivity contribution in [1.82, 2.24) is 19.5 Å². The zero-order valence-corrected chi connectivity index (χ0v) is 15.1. The Balaban J connectivity index is 1.71. The van der Waals surface area contributed by atoms with E-state index in [4.69, 9.17) is 5.48 Å². The summed E-state index contributed by atoms with van der Waals surface area (Å²) in [5.74, 6) is 0.0896. The number of aromatic nitrogens is 4. The van der Waals surface area contributed by atoms with Crippen molar-refractivity contribution in [2.24, 2.45) is 7.05 Å². The number of nitrogens with one attached hydrogen (secondary N) is 1. The lowest BCUT2D eigenvalue weighted by molar-refractivity contribution is 0.102. The topological polar surface area (TPSA) is 72.7 Å². The maximum absolute atomic E-state index is 12.7. The van der Waals surface area contributed by atoms with Gasteiger partial charge in [-0.15, -0.1) is 0 Å². The number of fused-ring (bicyclic) bond motifs is 1. The molecular weight excluding hydrogens is 338 g/mol. The van der Waals surface area contributed by atoms with Gasteiger partial charge in [0.25, 0.3) is 5.91 Å². The molecule has 6 nitrogen and oxygen atoms in total. The quantitative estimate of drug-likeness (QED) is 0.601. The number of aryl methyl sites for hydroxylation is 1. The van der Waals surface area contributed by atoms with Gasteiger partial charge in [0.05, 0.1) is 22.9 Å². The molecule has 0 unspecified atom stereocenters. The van der Waals surface area contributed by atoms with Crippen LogP contribution >= 0.6 is 0 Å². The SMILES string of the molecule is [2H]c1c([2H])c(C(=O)Nc2ncc3ccc(-c4cnc(C)n4C)cc3n2)c([2H])c([2H])c1C. The van der Waals surface area contributed by atoms with Gasteiger partial charge in [-0.2, -0.15) is 0 Å². The second-order valence-electron chi connectivity index (χ2n) is 6.17. The molecule has 2 aromatic carbocycles. The fourth-order valence-corrected chi connectivity index (χ4v) is 2.67. The first-order valence-corrected chi connectivity index (χ1v) is 8.32. The fraction of sp³-hybridized carbons (Fsp3) is 0.143. The monoisotopic (exact) mass is 361 g/mol. The molecule has 4 aromatic rings. The zero-order valence-electron chi connectivity index (χ0n) is 19.1. The molecule has 1 N–H and O–H groups in total. The third-order valence-corrected chi connectivity index (χ3v) is 4.30. The normalized spacial score (nSPS) is 13.0. The highest BCUT2D eigenvalue weighted by molar-refractivity contribution is 6.03. The van der Waals surface area contributed by atoms with Gasteiger partial charge in [0.1, 0.15) is 5.82 Å². The van der Waals surface area contributed by atoms with Crippen LogP contribution in [0.2, 0.25) is 0 Å². The summed E-state index contributed by atoms with van der Waals surface area (Å²) >= 11 is 0. The van der Waals surface area contributed by atoms with Crippen molar-refractivity contribution >= 4 is 22.8 Å². The lowest BCUT2D eigenvalue weighted by Crippen LogP contribution is -2.14. The molecule has 134 valence electrons. The molecule has 0 spiro atoms. The first-order valence-electron chi connectivity index (χ1n) is 10.3. The molecule has 0 saturated heterocycles. The third kappa shape index (κ3) is 3.29. The van der Waals surface area contributed by atoms with Gasteiger partial charge in [-0.3, -0.25) is 10.1 Å². The van der Waals surface area contributed by atoms with E-state index in [-0.39, 0.29) is 29.2 Å². The van der Waals surface area contributed by atoms with E-state index in [9.17, 15) is 4.79 Å². The average Bonchev–Trinajstić information content (AvgIpc) is 3.09. The van der Waals surface area contributed by atoms with Crippen LogP contribution in [-0.2, 0) is 7.05 Å². The molecule has 0 saturated carbocycles. The van der Waals surface area contributed by atoms with E-state index in [1.165, 1.54) is 6.92 Å². The summed E-state index contributed by atoms with van der Waals surface area (Å²) in [6, 6.07) is 4.39. The molecule has 4 rings (SSSR count). The van der Waals surface area contributed by atoms with Crippen LogP contribution in [0.15, 0.2) is 54.8 Å². The number of benzene rings is 2. The predicted molar refractivity (Wildman–Crippen MR) is 106 cm³/mol. The number of imidazole rings is 1. The van der Waals surface area contributed by atoms with E-state index >= 15 is 0 Å². The Morgan fingerprint density at radius 2 is 1.89 bits per heavy atom. The minimum atomic E-state index is -0.797. The van der Waals surface area contributed by atoms with E-state index in [1.54, 1.807) is 12.4 Å². The summed E-state index contributed by atoms with van der Waals surface area (Å²) in [5, 5.41) is 3.27. The van der Waals surface area contributed by atoms with Crippen molar-refractivity contribution < 1.29 is 10.3 Å². The van der Waals surface area contributed by atoms with Crippen molar-refractivity contribution in [1.29, 1.82) is 0 Å². The first kappa shape index (κ1) is 12.8. The molecule has 0 aliphatic heterocycles. The Bertz CT molecular complexity index is 1340. The van der Waals surface area contributed by atoms with Crippen molar-refractivity contribution in [2.45, 2.75) is 13.8 Å². The van der Waals surface area contributed by atoms with Crippen molar-refractivity contribution in [3.63, 3.8) is 0 Å². The van der Waals surface area contributed by atoms with E-state index in [0.29, 0.717) is 5.52 Å². The van der Waals surface area contributed by atoms with E-state index in [0.717, 1.165) is 22.5 Å². The number of carbonyl (C=O) groups is 1. The Labute approximate surface area is 162 Å². The maximum atomic E-state index is 12.7. The van der Waals surface area contributed by atoms with Crippen LogP contribution in [0.3, 0.4) is 0 Å². The number of amides is 1. The molecule has 27 heavy (non-hydrogen) atoms. The lowest BCUT2D eigenvalue weighted by Gasteiger charge is -2.07. The number of anilines is 1. The summed E-state index contributed by atoms with van der Waals surface area (Å²) in [5.41, 5.74) is 2.27. The molecule has 0 atom stereocenters. The minimum absolute atomic E-state index is 0.00766. The molecule has 6 heteroatoms. The Hall–Kier alpha value is -3.54. The highest BCUT2D eigenvalue weighted by Gasteiger charge is 2.10. The standard InChI is InChI=1S/C21H19N5O/c1-13-4-6-15(7-5-13)20(27)25-21-23-11-17-9-8-16(10-18(17)24-21)19-12-22-14(2)26(19)3/h4-12H,1-3H3,(H,23,24,25,27)/i4D,5D,6D,7D. The van der Waals surface area contributed by atoms with Gasteiger partial charge in [0, 0.05) is 29.8 Å². The summed E-state index contributed by atoms with van der Waals surface area (Å²) in [6.45, 7) is 3.40. The second-order valence-corrected chi connectivity index (χ2v) is 6.17. The van der Waals surface area contributed by atoms with Crippen molar-refractivity contribution in [3.05, 3.63) is 71.7 Å². The molecule has 2 heterocycles. The number of rotatable bonds is 3. The number of hydrogen-bond acceptors (Lipinski definition) is 4. The number of hydrogen-bond donors (Lipinski definition) is 1. The maximum Gasteiger partial charge on any atom is 0.258 e. The third-order valence-electron chi connectivity index (χ3n) is 4.30. The van der Waals surface area contributed by atoms with Crippen LogP contribution in [0, 0.1) is 13.8 Å². The summed E-state index contributed by atoms with van der Waals surface area (Å²) in [7, 11) is 1.92. The largest absolute Gasteiger partial charge is 0.331 e. The highest BCUT2D eigenvalue weighted by Crippen LogP contribution is 2.24. The van der Waals surface area contributed by atoms with Crippen LogP contribution in [-0.4, -0.2) is 25.4 Å². The Morgan fingerprint density at radius 3 is 2.59 bits per heavy atom. The van der Waals surface area contributed by atoms with Gasteiger partial charge >= 0.3 is 0 Å². The molecular formula is C21H19N5O. The van der Waals surface area contributed by atoms with Gasteiger partial charge in [0.15, 0.2) is 0 Å².